The summed E-state index contributed by atoms with van der Waals surface area (Å²) in [5.74, 6) is -0.228. The Hall–Kier alpha value is -1.95. The van der Waals surface area contributed by atoms with Crippen molar-refractivity contribution in [3.05, 3.63) is 30.1 Å². The molecule has 148 valence electrons. The van der Waals surface area contributed by atoms with Crippen LogP contribution in [0.25, 0.3) is 0 Å². The molecule has 1 aliphatic heterocycles. The Labute approximate surface area is 161 Å². The van der Waals surface area contributed by atoms with Crippen LogP contribution in [0.3, 0.4) is 0 Å². The van der Waals surface area contributed by atoms with Crippen LogP contribution in [-0.2, 0) is 14.3 Å². The monoisotopic (exact) mass is 373 g/mol. The molecular weight excluding hydrogens is 342 g/mol. The van der Waals surface area contributed by atoms with Gasteiger partial charge in [-0.3, -0.25) is 19.5 Å². The van der Waals surface area contributed by atoms with E-state index in [4.69, 9.17) is 4.74 Å². The number of likely N-dealkylation sites (N-methyl/N-ethyl adjacent to an activating group) is 1. The number of nitrogens with zero attached hydrogens (tertiary/aromatic N) is 2. The predicted molar refractivity (Wildman–Crippen MR) is 103 cm³/mol. The smallest absolute Gasteiger partial charge is 0.326 e. The second-order valence-electron chi connectivity index (χ2n) is 8.41. The molecule has 2 fully saturated rings. The highest BCUT2D eigenvalue weighted by atomic mass is 16.5. The Morgan fingerprint density at radius 2 is 2.15 bits per heavy atom. The molecule has 1 saturated heterocycles. The maximum absolute atomic E-state index is 13.2. The Morgan fingerprint density at radius 1 is 1.41 bits per heavy atom. The molecule has 1 aromatic rings. The topological polar surface area (TPSA) is 71.5 Å². The van der Waals surface area contributed by atoms with E-state index in [2.05, 4.69) is 29.0 Å². The number of esters is 1. The van der Waals surface area contributed by atoms with Gasteiger partial charge in [0.05, 0.1) is 13.0 Å². The van der Waals surface area contributed by atoms with Gasteiger partial charge >= 0.3 is 5.97 Å². The number of hydrogen-bond acceptors (Lipinski definition) is 5. The molecule has 3 atom stereocenters. The standard InChI is InChI=1S/C21H31N3O3/c1-14(2)11-21(20(26)27-4)12-17(19(25)23-16-8-5-9-16)18(24(21)3)15-7-6-10-22-13-15/h6-7,10,13-14,16-18H,5,8-9,11-12H2,1-4H3,(H,23,25)/t17-,18-,21-/m1/s1. The maximum Gasteiger partial charge on any atom is 0.326 e. The van der Waals surface area contributed by atoms with Crippen LogP contribution in [0.2, 0.25) is 0 Å². The molecule has 6 heteroatoms. The predicted octanol–water partition coefficient (Wildman–Crippen LogP) is 2.70. The number of likely N-dealkylation sites (tertiary alicyclic amines) is 1. The normalized spacial score (nSPS) is 28.8. The third kappa shape index (κ3) is 3.72. The van der Waals surface area contributed by atoms with E-state index in [1.165, 1.54) is 13.5 Å². The fourth-order valence-corrected chi connectivity index (χ4v) is 4.66. The number of rotatable bonds is 6. The zero-order valence-corrected chi connectivity index (χ0v) is 16.8. The Balaban J connectivity index is 1.97. The maximum atomic E-state index is 13.2. The molecular formula is C21H31N3O3. The molecule has 1 N–H and O–H groups in total. The van der Waals surface area contributed by atoms with Crippen LogP contribution in [0.5, 0.6) is 0 Å². The first-order chi connectivity index (χ1) is 12.9. The lowest BCUT2D eigenvalue weighted by atomic mass is 9.83. The molecule has 0 aromatic carbocycles. The highest BCUT2D eigenvalue weighted by molar-refractivity contribution is 5.86. The summed E-state index contributed by atoms with van der Waals surface area (Å²) in [4.78, 5) is 32.4. The van der Waals surface area contributed by atoms with Crippen molar-refractivity contribution in [2.45, 2.75) is 63.6 Å². The number of pyridine rings is 1. The minimum Gasteiger partial charge on any atom is -0.468 e. The van der Waals surface area contributed by atoms with Crippen LogP contribution in [-0.4, -0.2) is 47.5 Å². The van der Waals surface area contributed by atoms with Gasteiger partial charge in [-0.1, -0.05) is 19.9 Å². The second kappa shape index (κ2) is 7.97. The highest BCUT2D eigenvalue weighted by Crippen LogP contribution is 2.49. The lowest BCUT2D eigenvalue weighted by Crippen LogP contribution is -2.50. The van der Waals surface area contributed by atoms with E-state index < -0.39 is 5.54 Å². The van der Waals surface area contributed by atoms with Crippen LogP contribution >= 0.6 is 0 Å². The molecule has 1 aliphatic carbocycles. The van der Waals surface area contributed by atoms with E-state index in [1.54, 1.807) is 12.4 Å². The fourth-order valence-electron chi connectivity index (χ4n) is 4.66. The average molecular weight is 373 g/mol. The van der Waals surface area contributed by atoms with E-state index in [0.717, 1.165) is 18.4 Å². The number of nitrogens with one attached hydrogen (secondary N) is 1. The summed E-state index contributed by atoms with van der Waals surface area (Å²) in [5.41, 5.74) is 0.161. The molecule has 0 spiro atoms. The third-order valence-electron chi connectivity index (χ3n) is 6.16. The van der Waals surface area contributed by atoms with Crippen molar-refractivity contribution in [1.29, 1.82) is 0 Å². The zero-order valence-electron chi connectivity index (χ0n) is 16.8. The van der Waals surface area contributed by atoms with E-state index in [1.807, 2.05) is 19.2 Å². The lowest BCUT2D eigenvalue weighted by Gasteiger charge is -2.37. The molecule has 2 heterocycles. The Kier molecular flexibility index (Phi) is 5.84. The van der Waals surface area contributed by atoms with Crippen LogP contribution in [0.4, 0.5) is 0 Å². The van der Waals surface area contributed by atoms with Crippen LogP contribution in [0.1, 0.15) is 57.6 Å². The summed E-state index contributed by atoms with van der Waals surface area (Å²) in [6.45, 7) is 4.19. The quantitative estimate of drug-likeness (QED) is 0.777. The summed E-state index contributed by atoms with van der Waals surface area (Å²) in [6, 6.07) is 3.94. The van der Waals surface area contributed by atoms with Gasteiger partial charge in [-0.15, -0.1) is 0 Å². The summed E-state index contributed by atoms with van der Waals surface area (Å²) in [7, 11) is 3.37. The first-order valence-corrected chi connectivity index (χ1v) is 9.90. The zero-order chi connectivity index (χ0) is 19.6. The molecule has 2 aliphatic rings. The SMILES string of the molecule is COC(=O)[C@@]1(CC(C)C)C[C@@H](C(=O)NC2CCC2)[C@@H](c2cccnc2)N1C. The number of hydrogen-bond donors (Lipinski definition) is 1. The van der Waals surface area contributed by atoms with Crippen molar-refractivity contribution >= 4 is 11.9 Å². The lowest BCUT2D eigenvalue weighted by molar-refractivity contribution is -0.154. The molecule has 1 aromatic heterocycles. The molecule has 3 rings (SSSR count). The number of carbonyl (C=O) groups excluding carboxylic acids is 2. The van der Waals surface area contributed by atoms with Crippen LogP contribution in [0.15, 0.2) is 24.5 Å². The van der Waals surface area contributed by atoms with Crippen molar-refractivity contribution in [2.75, 3.05) is 14.2 Å². The van der Waals surface area contributed by atoms with Gasteiger partial charge in [-0.05, 0) is 56.7 Å². The molecule has 6 nitrogen and oxygen atoms in total. The van der Waals surface area contributed by atoms with Gasteiger partial charge in [0, 0.05) is 24.5 Å². The number of amides is 1. The molecule has 1 amide bonds. The van der Waals surface area contributed by atoms with Gasteiger partial charge in [0.1, 0.15) is 5.54 Å². The fraction of sp³-hybridized carbons (Fsp3) is 0.667. The van der Waals surface area contributed by atoms with Crippen LogP contribution in [0, 0.1) is 11.8 Å². The number of carbonyl (C=O) groups is 2. The number of aromatic nitrogens is 1. The minimum absolute atomic E-state index is 0.0370. The summed E-state index contributed by atoms with van der Waals surface area (Å²) < 4.78 is 5.21. The van der Waals surface area contributed by atoms with Crippen molar-refractivity contribution in [3.63, 3.8) is 0 Å². The highest BCUT2D eigenvalue weighted by Gasteiger charge is 2.57. The van der Waals surface area contributed by atoms with Crippen molar-refractivity contribution in [3.8, 4) is 0 Å². The number of ether oxygens (including phenoxy) is 1. The Bertz CT molecular complexity index is 675. The minimum atomic E-state index is -0.801. The van der Waals surface area contributed by atoms with Crippen LogP contribution < -0.4 is 5.32 Å². The molecule has 27 heavy (non-hydrogen) atoms. The Morgan fingerprint density at radius 3 is 2.67 bits per heavy atom. The molecule has 0 bridgehead atoms. The van der Waals surface area contributed by atoms with Gasteiger partial charge in [0.2, 0.25) is 5.91 Å². The van der Waals surface area contributed by atoms with E-state index in [0.29, 0.717) is 18.8 Å². The van der Waals surface area contributed by atoms with Gasteiger partial charge < -0.3 is 10.1 Å². The summed E-state index contributed by atoms with van der Waals surface area (Å²) in [6.07, 6.45) is 7.89. The first-order valence-electron chi connectivity index (χ1n) is 9.90. The second-order valence-corrected chi connectivity index (χ2v) is 8.41. The van der Waals surface area contributed by atoms with E-state index >= 15 is 0 Å². The van der Waals surface area contributed by atoms with Crippen molar-refractivity contribution in [2.24, 2.45) is 11.8 Å². The van der Waals surface area contributed by atoms with Crippen molar-refractivity contribution in [1.82, 2.24) is 15.2 Å². The summed E-state index contributed by atoms with van der Waals surface area (Å²) in [5, 5.41) is 3.19. The van der Waals surface area contributed by atoms with E-state index in [9.17, 15) is 9.59 Å². The van der Waals surface area contributed by atoms with Gasteiger partial charge in [-0.2, -0.15) is 0 Å². The first kappa shape index (κ1) is 19.8. The van der Waals surface area contributed by atoms with E-state index in [-0.39, 0.29) is 29.9 Å². The molecule has 0 unspecified atom stereocenters. The largest absolute Gasteiger partial charge is 0.468 e. The third-order valence-corrected chi connectivity index (χ3v) is 6.16. The average Bonchev–Trinajstić information content (AvgIpc) is 2.91. The molecule has 1 saturated carbocycles. The molecule has 0 radical (unpaired) electrons. The van der Waals surface area contributed by atoms with Gasteiger partial charge in [0.15, 0.2) is 0 Å². The van der Waals surface area contributed by atoms with Gasteiger partial charge in [-0.25, -0.2) is 0 Å². The van der Waals surface area contributed by atoms with Crippen molar-refractivity contribution < 1.29 is 14.3 Å². The van der Waals surface area contributed by atoms with Gasteiger partial charge in [0.25, 0.3) is 0 Å². The number of methoxy groups -OCH3 is 1. The summed E-state index contributed by atoms with van der Waals surface area (Å²) >= 11 is 0.